The fraction of sp³-hybridized carbons (Fsp3) is 0.600. The van der Waals surface area contributed by atoms with Crippen molar-refractivity contribution in [2.45, 2.75) is 58.2 Å². The number of halogens is 1. The summed E-state index contributed by atoms with van der Waals surface area (Å²) in [7, 11) is 0. The smallest absolute Gasteiger partial charge is 0.224 e. The number of piperidine rings is 1. The number of rotatable bonds is 9. The molecule has 174 valence electrons. The summed E-state index contributed by atoms with van der Waals surface area (Å²) in [6.45, 7) is 7.42. The van der Waals surface area contributed by atoms with Crippen molar-refractivity contribution >= 4 is 5.91 Å². The Kier molecular flexibility index (Phi) is 7.92. The minimum atomic E-state index is -0.129. The summed E-state index contributed by atoms with van der Waals surface area (Å²) in [6.07, 6.45) is 6.56. The van der Waals surface area contributed by atoms with E-state index in [4.69, 9.17) is 4.74 Å². The molecule has 0 N–H and O–H groups in total. The van der Waals surface area contributed by atoms with Crippen molar-refractivity contribution in [2.75, 3.05) is 32.8 Å². The number of benzene rings is 1. The Labute approximate surface area is 190 Å². The van der Waals surface area contributed by atoms with Crippen LogP contribution in [-0.2, 0) is 22.6 Å². The summed E-state index contributed by atoms with van der Waals surface area (Å²) in [5.41, 5.74) is 1.83. The number of aryl methyl sites for hydroxylation is 2. The molecule has 32 heavy (non-hydrogen) atoms. The van der Waals surface area contributed by atoms with Crippen molar-refractivity contribution in [1.82, 2.24) is 19.6 Å². The van der Waals surface area contributed by atoms with Gasteiger partial charge in [0.1, 0.15) is 5.82 Å². The van der Waals surface area contributed by atoms with Gasteiger partial charge in [-0.15, -0.1) is 0 Å². The molecule has 0 unspecified atom stereocenters. The van der Waals surface area contributed by atoms with Gasteiger partial charge in [-0.1, -0.05) is 18.2 Å². The Hall–Kier alpha value is -2.25. The van der Waals surface area contributed by atoms with E-state index in [1.54, 1.807) is 12.3 Å². The number of hydrogen-bond acceptors (Lipinski definition) is 4. The van der Waals surface area contributed by atoms with E-state index in [0.717, 1.165) is 63.2 Å². The van der Waals surface area contributed by atoms with Crippen molar-refractivity contribution in [2.24, 2.45) is 5.92 Å². The number of ether oxygens (including phenoxy) is 1. The maximum absolute atomic E-state index is 14.0. The van der Waals surface area contributed by atoms with Crippen LogP contribution in [-0.4, -0.2) is 64.4 Å². The van der Waals surface area contributed by atoms with Crippen molar-refractivity contribution < 1.29 is 13.9 Å². The average molecular weight is 443 g/mol. The molecule has 4 rings (SSSR count). The fourth-order valence-corrected chi connectivity index (χ4v) is 4.81. The summed E-state index contributed by atoms with van der Waals surface area (Å²) in [5.74, 6) is 0.531. The Bertz CT molecular complexity index is 872. The molecule has 1 amide bonds. The van der Waals surface area contributed by atoms with Gasteiger partial charge in [0.15, 0.2) is 0 Å². The first kappa shape index (κ1) is 22.9. The molecule has 0 aliphatic carbocycles. The zero-order chi connectivity index (χ0) is 22.3. The Morgan fingerprint density at radius 3 is 2.69 bits per heavy atom. The summed E-state index contributed by atoms with van der Waals surface area (Å²) in [6, 6.07) is 8.98. The molecule has 2 aliphatic rings. The molecule has 2 saturated heterocycles. The van der Waals surface area contributed by atoms with Gasteiger partial charge in [-0.2, -0.15) is 5.10 Å². The van der Waals surface area contributed by atoms with Crippen molar-refractivity contribution in [3.63, 3.8) is 0 Å². The van der Waals surface area contributed by atoms with Gasteiger partial charge < -0.3 is 9.64 Å². The molecule has 3 heterocycles. The molecule has 2 aromatic rings. The van der Waals surface area contributed by atoms with Gasteiger partial charge in [0.05, 0.1) is 6.10 Å². The van der Waals surface area contributed by atoms with E-state index in [1.807, 2.05) is 34.7 Å². The van der Waals surface area contributed by atoms with Crippen LogP contribution < -0.4 is 0 Å². The normalized spacial score (nSPS) is 20.0. The highest BCUT2D eigenvalue weighted by Gasteiger charge is 2.27. The zero-order valence-electron chi connectivity index (χ0n) is 19.1. The maximum Gasteiger partial charge on any atom is 0.224 e. The molecule has 0 radical (unpaired) electrons. The highest BCUT2D eigenvalue weighted by Crippen LogP contribution is 2.23. The van der Waals surface area contributed by atoms with E-state index < -0.39 is 0 Å². The first-order chi connectivity index (χ1) is 15.6. The van der Waals surface area contributed by atoms with Gasteiger partial charge in [-0.25, -0.2) is 4.39 Å². The molecule has 6 nitrogen and oxygen atoms in total. The monoisotopic (exact) mass is 442 g/mol. The van der Waals surface area contributed by atoms with Gasteiger partial charge in [0, 0.05) is 56.7 Å². The minimum Gasteiger partial charge on any atom is -0.376 e. The number of likely N-dealkylation sites (tertiary alicyclic amines) is 1. The predicted octanol–water partition coefficient (Wildman–Crippen LogP) is 3.64. The van der Waals surface area contributed by atoms with Crippen LogP contribution in [0.15, 0.2) is 36.5 Å². The average Bonchev–Trinajstić information content (AvgIpc) is 3.46. The predicted molar refractivity (Wildman–Crippen MR) is 122 cm³/mol. The van der Waals surface area contributed by atoms with E-state index >= 15 is 0 Å². The second-order valence-corrected chi connectivity index (χ2v) is 9.19. The summed E-state index contributed by atoms with van der Waals surface area (Å²) in [4.78, 5) is 17.5. The van der Waals surface area contributed by atoms with Gasteiger partial charge in [-0.05, 0) is 63.7 Å². The molecule has 0 saturated carbocycles. The molecule has 2 fully saturated rings. The lowest BCUT2D eigenvalue weighted by atomic mass is 9.95. The van der Waals surface area contributed by atoms with Crippen LogP contribution in [0.3, 0.4) is 0 Å². The van der Waals surface area contributed by atoms with Gasteiger partial charge in [-0.3, -0.25) is 14.4 Å². The third kappa shape index (κ3) is 6.17. The van der Waals surface area contributed by atoms with Crippen LogP contribution in [0.25, 0.3) is 0 Å². The van der Waals surface area contributed by atoms with E-state index in [1.165, 1.54) is 6.07 Å². The minimum absolute atomic E-state index is 0.129. The second kappa shape index (κ2) is 11.1. The lowest BCUT2D eigenvalue weighted by molar-refractivity contribution is -0.134. The highest BCUT2D eigenvalue weighted by atomic mass is 19.1. The number of amides is 1. The van der Waals surface area contributed by atoms with Gasteiger partial charge in [0.25, 0.3) is 0 Å². The van der Waals surface area contributed by atoms with Crippen LogP contribution >= 0.6 is 0 Å². The van der Waals surface area contributed by atoms with E-state index in [9.17, 15) is 9.18 Å². The highest BCUT2D eigenvalue weighted by molar-refractivity contribution is 5.76. The third-order valence-corrected chi connectivity index (χ3v) is 6.80. The lowest BCUT2D eigenvalue weighted by Gasteiger charge is -2.35. The number of carbonyl (C=O) groups is 1. The van der Waals surface area contributed by atoms with Gasteiger partial charge in [0.2, 0.25) is 5.91 Å². The van der Waals surface area contributed by atoms with Crippen LogP contribution in [0.5, 0.6) is 0 Å². The van der Waals surface area contributed by atoms with Crippen molar-refractivity contribution in [1.29, 1.82) is 0 Å². The molecule has 1 atom stereocenters. The molecule has 0 spiro atoms. The molecule has 7 heteroatoms. The second-order valence-electron chi connectivity index (χ2n) is 9.19. The standard InChI is InChI=1S/C25H35FN4O2/c1-20-8-12-27-30(20)15-11-25(31)29(19-23-6-4-16-32-23)17-21-9-13-28(14-10-21)18-22-5-2-3-7-24(22)26/h2-3,5,7-8,12,21,23H,4,6,9-11,13-19H2,1H3/t23-/m0/s1. The van der Waals surface area contributed by atoms with Crippen molar-refractivity contribution in [3.8, 4) is 0 Å². The molecule has 1 aromatic heterocycles. The SMILES string of the molecule is Cc1ccnn1CCC(=O)N(CC1CCN(Cc2ccccc2F)CC1)C[C@@H]1CCCO1. The topological polar surface area (TPSA) is 50.6 Å². The van der Waals surface area contributed by atoms with Crippen LogP contribution in [0, 0.1) is 18.7 Å². The first-order valence-electron chi connectivity index (χ1n) is 11.9. The Morgan fingerprint density at radius 2 is 2.00 bits per heavy atom. The molecule has 0 bridgehead atoms. The van der Waals surface area contributed by atoms with Gasteiger partial charge >= 0.3 is 0 Å². The van der Waals surface area contributed by atoms with E-state index in [-0.39, 0.29) is 17.8 Å². The Morgan fingerprint density at radius 1 is 1.19 bits per heavy atom. The summed E-state index contributed by atoms with van der Waals surface area (Å²) in [5, 5.41) is 4.30. The Balaban J connectivity index is 1.30. The molecular weight excluding hydrogens is 407 g/mol. The summed E-state index contributed by atoms with van der Waals surface area (Å²) < 4.78 is 21.7. The van der Waals surface area contributed by atoms with Crippen LogP contribution in [0.2, 0.25) is 0 Å². The van der Waals surface area contributed by atoms with Crippen LogP contribution in [0.4, 0.5) is 4.39 Å². The van der Waals surface area contributed by atoms with E-state index in [0.29, 0.717) is 32.0 Å². The number of aromatic nitrogens is 2. The van der Waals surface area contributed by atoms with Crippen LogP contribution in [0.1, 0.15) is 43.4 Å². The molecular formula is C25H35FN4O2. The summed E-state index contributed by atoms with van der Waals surface area (Å²) >= 11 is 0. The first-order valence-corrected chi connectivity index (χ1v) is 11.9. The van der Waals surface area contributed by atoms with Crippen molar-refractivity contribution in [3.05, 3.63) is 53.6 Å². The third-order valence-electron chi connectivity index (χ3n) is 6.80. The number of nitrogens with zero attached hydrogens (tertiary/aromatic N) is 4. The maximum atomic E-state index is 14.0. The number of carbonyl (C=O) groups excluding carboxylic acids is 1. The molecule has 1 aromatic carbocycles. The zero-order valence-corrected chi connectivity index (χ0v) is 19.1. The number of hydrogen-bond donors (Lipinski definition) is 0. The largest absolute Gasteiger partial charge is 0.376 e. The molecule has 2 aliphatic heterocycles. The van der Waals surface area contributed by atoms with E-state index in [2.05, 4.69) is 10.00 Å². The fourth-order valence-electron chi connectivity index (χ4n) is 4.81. The quantitative estimate of drug-likeness (QED) is 0.595. The lowest BCUT2D eigenvalue weighted by Crippen LogP contribution is -2.43.